The van der Waals surface area contributed by atoms with Gasteiger partial charge < -0.3 is 4.74 Å². The summed E-state index contributed by atoms with van der Waals surface area (Å²) in [5.41, 5.74) is 0.00584. The zero-order valence-corrected chi connectivity index (χ0v) is 10.4. The van der Waals surface area contributed by atoms with E-state index in [0.717, 1.165) is 11.6 Å². The minimum atomic E-state index is 0.00584. The molecule has 88 valence electrons. The lowest BCUT2D eigenvalue weighted by Gasteiger charge is -2.17. The molecule has 0 aliphatic heterocycles. The maximum atomic E-state index is 5.82. The topological polar surface area (TPSA) is 35.0 Å². The van der Waals surface area contributed by atoms with E-state index in [2.05, 4.69) is 30.7 Å². The quantitative estimate of drug-likeness (QED) is 0.768. The SMILES string of the molecule is CC(C)(C)c1ncc(OC2CCCC2)cn1. The molecule has 1 heterocycles. The fourth-order valence-electron chi connectivity index (χ4n) is 1.96. The number of aromatic nitrogens is 2. The van der Waals surface area contributed by atoms with Gasteiger partial charge in [0, 0.05) is 5.41 Å². The van der Waals surface area contributed by atoms with Crippen LogP contribution < -0.4 is 4.74 Å². The second-order valence-electron chi connectivity index (χ2n) is 5.52. The van der Waals surface area contributed by atoms with Gasteiger partial charge in [0.25, 0.3) is 0 Å². The molecule has 16 heavy (non-hydrogen) atoms. The van der Waals surface area contributed by atoms with Crippen molar-refractivity contribution in [3.63, 3.8) is 0 Å². The minimum Gasteiger partial charge on any atom is -0.487 e. The Morgan fingerprint density at radius 2 is 1.69 bits per heavy atom. The highest BCUT2D eigenvalue weighted by Gasteiger charge is 2.19. The average molecular weight is 220 g/mol. The van der Waals surface area contributed by atoms with Crippen LogP contribution >= 0.6 is 0 Å². The first-order valence-electron chi connectivity index (χ1n) is 6.05. The van der Waals surface area contributed by atoms with Gasteiger partial charge in [0.15, 0.2) is 5.75 Å². The van der Waals surface area contributed by atoms with Gasteiger partial charge in [-0.1, -0.05) is 20.8 Å². The summed E-state index contributed by atoms with van der Waals surface area (Å²) in [6.07, 6.45) is 8.88. The molecule has 0 bridgehead atoms. The Labute approximate surface area is 97.3 Å². The summed E-state index contributed by atoms with van der Waals surface area (Å²) in [7, 11) is 0. The van der Waals surface area contributed by atoms with Crippen LogP contribution in [0.5, 0.6) is 5.75 Å². The summed E-state index contributed by atoms with van der Waals surface area (Å²) in [5, 5.41) is 0. The van der Waals surface area contributed by atoms with Gasteiger partial charge in [-0.3, -0.25) is 0 Å². The first-order valence-corrected chi connectivity index (χ1v) is 6.05. The molecule has 1 aromatic heterocycles. The van der Waals surface area contributed by atoms with E-state index in [4.69, 9.17) is 4.74 Å². The van der Waals surface area contributed by atoms with Gasteiger partial charge in [-0.2, -0.15) is 0 Å². The van der Waals surface area contributed by atoms with Crippen LogP contribution in [0.25, 0.3) is 0 Å². The first kappa shape index (κ1) is 11.4. The van der Waals surface area contributed by atoms with Gasteiger partial charge in [0.2, 0.25) is 0 Å². The van der Waals surface area contributed by atoms with Crippen LogP contribution in [0.1, 0.15) is 52.3 Å². The normalized spacial score (nSPS) is 17.7. The molecule has 0 radical (unpaired) electrons. The molecule has 3 nitrogen and oxygen atoms in total. The van der Waals surface area contributed by atoms with Crippen LogP contribution in [0.15, 0.2) is 12.4 Å². The summed E-state index contributed by atoms with van der Waals surface area (Å²) >= 11 is 0. The summed E-state index contributed by atoms with van der Waals surface area (Å²) in [6.45, 7) is 6.33. The number of ether oxygens (including phenoxy) is 1. The predicted octanol–water partition coefficient (Wildman–Crippen LogP) is 3.10. The number of nitrogens with zero attached hydrogens (tertiary/aromatic N) is 2. The molecule has 2 rings (SSSR count). The number of rotatable bonds is 2. The smallest absolute Gasteiger partial charge is 0.156 e. The Morgan fingerprint density at radius 3 is 2.19 bits per heavy atom. The zero-order chi connectivity index (χ0) is 11.6. The van der Waals surface area contributed by atoms with E-state index in [-0.39, 0.29) is 5.41 Å². The van der Waals surface area contributed by atoms with Crippen molar-refractivity contribution in [3.05, 3.63) is 18.2 Å². The Hall–Kier alpha value is -1.12. The molecule has 1 saturated carbocycles. The highest BCUT2D eigenvalue weighted by atomic mass is 16.5. The van der Waals surface area contributed by atoms with Crippen molar-refractivity contribution >= 4 is 0 Å². The van der Waals surface area contributed by atoms with Crippen molar-refractivity contribution in [1.82, 2.24) is 9.97 Å². The van der Waals surface area contributed by atoms with Gasteiger partial charge in [-0.05, 0) is 25.7 Å². The molecule has 0 atom stereocenters. The molecule has 1 fully saturated rings. The van der Waals surface area contributed by atoms with E-state index >= 15 is 0 Å². The molecule has 0 aromatic carbocycles. The maximum Gasteiger partial charge on any atom is 0.156 e. The fourth-order valence-corrected chi connectivity index (χ4v) is 1.96. The average Bonchev–Trinajstić information content (AvgIpc) is 2.70. The van der Waals surface area contributed by atoms with Crippen molar-refractivity contribution < 1.29 is 4.74 Å². The summed E-state index contributed by atoms with van der Waals surface area (Å²) in [6, 6.07) is 0. The van der Waals surface area contributed by atoms with Gasteiger partial charge in [-0.25, -0.2) is 9.97 Å². The van der Waals surface area contributed by atoms with Crippen molar-refractivity contribution in [2.75, 3.05) is 0 Å². The third kappa shape index (κ3) is 2.71. The van der Waals surface area contributed by atoms with E-state index in [1.54, 1.807) is 12.4 Å². The Kier molecular flexibility index (Phi) is 3.13. The second kappa shape index (κ2) is 4.40. The molecule has 0 spiro atoms. The van der Waals surface area contributed by atoms with Crippen molar-refractivity contribution in [3.8, 4) is 5.75 Å². The van der Waals surface area contributed by atoms with Crippen LogP contribution in [-0.4, -0.2) is 16.1 Å². The van der Waals surface area contributed by atoms with E-state index in [1.165, 1.54) is 25.7 Å². The van der Waals surface area contributed by atoms with E-state index in [0.29, 0.717) is 6.10 Å². The van der Waals surface area contributed by atoms with E-state index < -0.39 is 0 Å². The van der Waals surface area contributed by atoms with Crippen molar-refractivity contribution in [2.45, 2.75) is 58.0 Å². The van der Waals surface area contributed by atoms with Crippen LogP contribution in [0.4, 0.5) is 0 Å². The monoisotopic (exact) mass is 220 g/mol. The summed E-state index contributed by atoms with van der Waals surface area (Å²) < 4.78 is 5.82. The molecule has 0 unspecified atom stereocenters. The zero-order valence-electron chi connectivity index (χ0n) is 10.4. The second-order valence-corrected chi connectivity index (χ2v) is 5.52. The molecule has 3 heteroatoms. The molecule has 1 aliphatic carbocycles. The molecule has 1 aromatic rings. The van der Waals surface area contributed by atoms with Gasteiger partial charge in [0.05, 0.1) is 18.5 Å². The van der Waals surface area contributed by atoms with Crippen LogP contribution in [0, 0.1) is 0 Å². The minimum absolute atomic E-state index is 0.00584. The lowest BCUT2D eigenvalue weighted by Crippen LogP contribution is -2.16. The summed E-state index contributed by atoms with van der Waals surface area (Å²) in [5.74, 6) is 1.67. The first-order chi connectivity index (χ1) is 7.55. The third-order valence-corrected chi connectivity index (χ3v) is 2.90. The standard InChI is InChI=1S/C13H20N2O/c1-13(2,3)12-14-8-11(9-15-12)16-10-6-4-5-7-10/h8-10H,4-7H2,1-3H3. The number of hydrogen-bond acceptors (Lipinski definition) is 3. The molecule has 0 saturated heterocycles. The predicted molar refractivity (Wildman–Crippen MR) is 63.6 cm³/mol. The molecular formula is C13H20N2O. The highest BCUT2D eigenvalue weighted by Crippen LogP contribution is 2.24. The van der Waals surface area contributed by atoms with Crippen LogP contribution in [-0.2, 0) is 5.41 Å². The lowest BCUT2D eigenvalue weighted by atomic mass is 9.96. The maximum absolute atomic E-state index is 5.82. The fraction of sp³-hybridized carbons (Fsp3) is 0.692. The highest BCUT2D eigenvalue weighted by molar-refractivity contribution is 5.15. The molecule has 1 aliphatic rings. The Bertz CT molecular complexity index is 334. The molecular weight excluding hydrogens is 200 g/mol. The number of hydrogen-bond donors (Lipinski definition) is 0. The van der Waals surface area contributed by atoms with Crippen LogP contribution in [0.3, 0.4) is 0 Å². The molecule has 0 amide bonds. The largest absolute Gasteiger partial charge is 0.487 e. The van der Waals surface area contributed by atoms with Gasteiger partial charge in [-0.15, -0.1) is 0 Å². The Morgan fingerprint density at radius 1 is 1.12 bits per heavy atom. The van der Waals surface area contributed by atoms with Crippen molar-refractivity contribution in [1.29, 1.82) is 0 Å². The lowest BCUT2D eigenvalue weighted by molar-refractivity contribution is 0.208. The van der Waals surface area contributed by atoms with Crippen LogP contribution in [0.2, 0.25) is 0 Å². The summed E-state index contributed by atoms with van der Waals surface area (Å²) in [4.78, 5) is 8.71. The van der Waals surface area contributed by atoms with Crippen molar-refractivity contribution in [2.24, 2.45) is 0 Å². The van der Waals surface area contributed by atoms with Gasteiger partial charge in [0.1, 0.15) is 5.82 Å². The molecule has 0 N–H and O–H groups in total. The van der Waals surface area contributed by atoms with Gasteiger partial charge >= 0.3 is 0 Å². The Balaban J connectivity index is 2.01. The third-order valence-electron chi connectivity index (χ3n) is 2.90. The van der Waals surface area contributed by atoms with E-state index in [1.807, 2.05) is 0 Å². The van der Waals surface area contributed by atoms with E-state index in [9.17, 15) is 0 Å².